The fraction of sp³-hybridized carbons (Fsp3) is 0.481. The van der Waals surface area contributed by atoms with Crippen LogP contribution in [0.4, 0.5) is 4.79 Å². The molecule has 2 heterocycles. The molecule has 0 aliphatic carbocycles. The molecule has 0 spiro atoms. The van der Waals surface area contributed by atoms with Crippen LogP contribution in [-0.2, 0) is 24.3 Å². The number of fused-ring (bicyclic) bond motifs is 1. The number of amides is 3. The Morgan fingerprint density at radius 2 is 1.78 bits per heavy atom. The first-order chi connectivity index (χ1) is 19.4. The number of nitrogens with two attached hydrogens (primary N) is 3. The first-order valence-electron chi connectivity index (χ1n) is 13.6. The average Bonchev–Trinajstić information content (AvgIpc) is 2.95. The number of nitrogens with zero attached hydrogens (tertiary/aromatic N) is 2. The first-order valence-corrected chi connectivity index (χ1v) is 15.1. The lowest BCUT2D eigenvalue weighted by Crippen LogP contribution is -2.64. The van der Waals surface area contributed by atoms with E-state index in [-0.39, 0.29) is 29.7 Å². The van der Waals surface area contributed by atoms with Gasteiger partial charge in [-0.05, 0) is 67.3 Å². The zero-order valence-electron chi connectivity index (χ0n) is 22.8. The van der Waals surface area contributed by atoms with Crippen LogP contribution in [0, 0.1) is 11.3 Å². The van der Waals surface area contributed by atoms with Gasteiger partial charge in [0, 0.05) is 19.6 Å². The van der Waals surface area contributed by atoms with E-state index in [2.05, 4.69) is 4.72 Å². The minimum Gasteiger partial charge on any atom is -0.435 e. The molecule has 0 aromatic heterocycles. The molecule has 2 fully saturated rings. The van der Waals surface area contributed by atoms with E-state index in [4.69, 9.17) is 27.3 Å². The quantitative estimate of drug-likeness (QED) is 0.208. The van der Waals surface area contributed by atoms with Gasteiger partial charge in [-0.3, -0.25) is 19.9 Å². The Bertz CT molecular complexity index is 1430. The zero-order valence-corrected chi connectivity index (χ0v) is 23.6. The summed E-state index contributed by atoms with van der Waals surface area (Å²) in [5.41, 5.74) is 15.7. The second-order valence-corrected chi connectivity index (χ2v) is 12.5. The number of benzene rings is 2. The van der Waals surface area contributed by atoms with Gasteiger partial charge in [-0.25, -0.2) is 17.9 Å². The van der Waals surface area contributed by atoms with Crippen LogP contribution < -0.4 is 21.9 Å². The number of ether oxygens (including phenoxy) is 1. The van der Waals surface area contributed by atoms with E-state index in [1.165, 1.54) is 17.0 Å². The molecule has 4 rings (SSSR count). The summed E-state index contributed by atoms with van der Waals surface area (Å²) in [6, 6.07) is 11.8. The summed E-state index contributed by atoms with van der Waals surface area (Å²) in [6.07, 6.45) is 0.725. The minimum absolute atomic E-state index is 0.0263. The van der Waals surface area contributed by atoms with Crippen LogP contribution in [0.15, 0.2) is 47.4 Å². The van der Waals surface area contributed by atoms with E-state index in [1.54, 1.807) is 23.1 Å². The lowest BCUT2D eigenvalue weighted by Gasteiger charge is -2.47. The molecule has 2 aliphatic heterocycles. The molecule has 3 unspecified atom stereocenters. The number of hydrogen-bond acceptors (Lipinski definition) is 7. The molecule has 0 bridgehead atoms. The number of piperidine rings is 2. The summed E-state index contributed by atoms with van der Waals surface area (Å²) in [4.78, 5) is 41.5. The number of primary amides is 2. The Balaban J connectivity index is 1.48. The Hall–Kier alpha value is -3.91. The van der Waals surface area contributed by atoms with E-state index in [1.807, 2.05) is 12.1 Å². The highest BCUT2D eigenvalue weighted by molar-refractivity contribution is 7.89. The Kier molecular flexibility index (Phi) is 9.02. The maximum absolute atomic E-state index is 13.4. The molecule has 14 heteroatoms. The van der Waals surface area contributed by atoms with Crippen LogP contribution in [0.2, 0.25) is 0 Å². The van der Waals surface area contributed by atoms with Gasteiger partial charge in [0.15, 0.2) is 12.1 Å². The maximum Gasteiger partial charge on any atom is 0.411 e. The van der Waals surface area contributed by atoms with Gasteiger partial charge in [-0.15, -0.1) is 0 Å². The lowest BCUT2D eigenvalue weighted by atomic mass is 9.76. The van der Waals surface area contributed by atoms with Crippen LogP contribution in [0.25, 0.3) is 10.8 Å². The van der Waals surface area contributed by atoms with Gasteiger partial charge < -0.3 is 26.8 Å². The third-order valence-electron chi connectivity index (χ3n) is 7.95. The van der Waals surface area contributed by atoms with Crippen LogP contribution >= 0.6 is 0 Å². The van der Waals surface area contributed by atoms with Crippen molar-refractivity contribution in [1.29, 1.82) is 5.41 Å². The largest absolute Gasteiger partial charge is 0.435 e. The van der Waals surface area contributed by atoms with Crippen molar-refractivity contribution in [3.05, 3.63) is 42.5 Å². The van der Waals surface area contributed by atoms with Crippen molar-refractivity contribution >= 4 is 44.7 Å². The van der Waals surface area contributed by atoms with Gasteiger partial charge in [0.2, 0.25) is 15.9 Å². The number of sulfonamides is 1. The van der Waals surface area contributed by atoms with Crippen LogP contribution in [0.5, 0.6) is 0 Å². The number of likely N-dealkylation sites (tertiary alicyclic amines) is 2. The van der Waals surface area contributed by atoms with Crippen molar-refractivity contribution in [2.75, 3.05) is 26.2 Å². The lowest BCUT2D eigenvalue weighted by molar-refractivity contribution is -0.135. The smallest absolute Gasteiger partial charge is 0.411 e. The maximum atomic E-state index is 13.4. The van der Waals surface area contributed by atoms with Gasteiger partial charge in [0.05, 0.1) is 11.4 Å². The molecule has 8 N–H and O–H groups in total. The standard InChI is InChI=1S/C27H37N7O6S/c28-23(35)22(16-32-41(38,39)21-10-9-19-7-1-2-8-20(19)14-21)40-26(37)34-13-4-3-11-27(34,24(29)36)15-18-6-5-12-33(17-18)25(30)31/h1-2,7-10,14,18,22,32H,3-6,11-13,15-17H2,(H2,28,35)(H2,29,36)(H3,30,31). The summed E-state index contributed by atoms with van der Waals surface area (Å²) in [6.45, 7) is 0.660. The summed E-state index contributed by atoms with van der Waals surface area (Å²) < 4.78 is 33.7. The molecule has 2 aromatic rings. The molecule has 41 heavy (non-hydrogen) atoms. The second-order valence-electron chi connectivity index (χ2n) is 10.7. The molecule has 0 radical (unpaired) electrons. The highest BCUT2D eigenvalue weighted by atomic mass is 32.2. The molecule has 2 aliphatic rings. The zero-order chi connectivity index (χ0) is 29.8. The van der Waals surface area contributed by atoms with E-state index in [9.17, 15) is 22.8 Å². The number of guanidine groups is 1. The number of nitrogens with one attached hydrogen (secondary N) is 2. The van der Waals surface area contributed by atoms with E-state index < -0.39 is 46.1 Å². The molecule has 222 valence electrons. The average molecular weight is 588 g/mol. The fourth-order valence-electron chi connectivity index (χ4n) is 5.79. The number of rotatable bonds is 9. The summed E-state index contributed by atoms with van der Waals surface area (Å²) in [5, 5.41) is 9.34. The second kappa shape index (κ2) is 12.3. The van der Waals surface area contributed by atoms with Crippen molar-refractivity contribution < 1.29 is 27.5 Å². The van der Waals surface area contributed by atoms with Crippen molar-refractivity contribution in [2.24, 2.45) is 23.1 Å². The predicted octanol–water partition coefficient (Wildman–Crippen LogP) is 0.814. The third-order valence-corrected chi connectivity index (χ3v) is 9.38. The van der Waals surface area contributed by atoms with Crippen molar-refractivity contribution in [3.8, 4) is 0 Å². The van der Waals surface area contributed by atoms with E-state index in [0.29, 0.717) is 37.7 Å². The SMILES string of the molecule is N=C(N)N1CCCC(CC2(C(N)=O)CCCCN2C(=O)OC(CNS(=O)(=O)c2ccc3ccccc3c2)C(N)=O)C1. The fourth-order valence-corrected chi connectivity index (χ4v) is 6.86. The molecule has 13 nitrogen and oxygen atoms in total. The van der Waals surface area contributed by atoms with E-state index in [0.717, 1.165) is 18.2 Å². The van der Waals surface area contributed by atoms with Crippen LogP contribution in [0.3, 0.4) is 0 Å². The molecule has 2 saturated heterocycles. The topological polar surface area (TPSA) is 215 Å². The van der Waals surface area contributed by atoms with Gasteiger partial charge in [-0.1, -0.05) is 30.3 Å². The van der Waals surface area contributed by atoms with Crippen molar-refractivity contribution in [3.63, 3.8) is 0 Å². The minimum atomic E-state index is -4.08. The van der Waals surface area contributed by atoms with Crippen LogP contribution in [0.1, 0.15) is 38.5 Å². The Morgan fingerprint density at radius 1 is 1.05 bits per heavy atom. The van der Waals surface area contributed by atoms with E-state index >= 15 is 0 Å². The number of hydrogen-bond donors (Lipinski definition) is 5. The van der Waals surface area contributed by atoms with Crippen molar-refractivity contribution in [1.82, 2.24) is 14.5 Å². The Labute approximate surface area is 238 Å². The summed E-state index contributed by atoms with van der Waals surface area (Å²) in [7, 11) is -4.08. The predicted molar refractivity (Wildman–Crippen MR) is 152 cm³/mol. The molecule has 3 atom stereocenters. The van der Waals surface area contributed by atoms with Gasteiger partial charge in [0.1, 0.15) is 5.54 Å². The van der Waals surface area contributed by atoms with Gasteiger partial charge >= 0.3 is 6.09 Å². The molecule has 3 amide bonds. The first kappa shape index (κ1) is 30.1. The normalized spacial score (nSPS) is 22.2. The Morgan fingerprint density at radius 3 is 2.46 bits per heavy atom. The highest BCUT2D eigenvalue weighted by Gasteiger charge is 2.49. The number of carbonyl (C=O) groups excluding carboxylic acids is 3. The summed E-state index contributed by atoms with van der Waals surface area (Å²) >= 11 is 0. The summed E-state index contributed by atoms with van der Waals surface area (Å²) in [5.74, 6) is -1.86. The molecule has 2 aromatic carbocycles. The molecular weight excluding hydrogens is 550 g/mol. The van der Waals surface area contributed by atoms with Gasteiger partial charge in [-0.2, -0.15) is 0 Å². The van der Waals surface area contributed by atoms with Gasteiger partial charge in [0.25, 0.3) is 5.91 Å². The number of carbonyl (C=O) groups is 3. The third kappa shape index (κ3) is 6.70. The molecular formula is C27H37N7O6S. The van der Waals surface area contributed by atoms with Crippen LogP contribution in [-0.4, -0.2) is 79.9 Å². The van der Waals surface area contributed by atoms with Crippen molar-refractivity contribution in [2.45, 2.75) is 55.1 Å². The monoisotopic (exact) mass is 587 g/mol. The highest BCUT2D eigenvalue weighted by Crippen LogP contribution is 2.37. The molecule has 0 saturated carbocycles.